The summed E-state index contributed by atoms with van der Waals surface area (Å²) >= 11 is 0. The molecule has 2 N–H and O–H groups in total. The van der Waals surface area contributed by atoms with Gasteiger partial charge in [0.25, 0.3) is 14.2 Å². The van der Waals surface area contributed by atoms with E-state index in [1.165, 1.54) is 6.08 Å². The molecule has 1 saturated heterocycles. The van der Waals surface area contributed by atoms with Gasteiger partial charge >= 0.3 is 6.09 Å². The molecule has 0 aromatic heterocycles. The summed E-state index contributed by atoms with van der Waals surface area (Å²) in [4.78, 5) is 28.2. The number of benzene rings is 1. The number of nitrogens with one attached hydrogen (secondary N) is 1. The fourth-order valence-electron chi connectivity index (χ4n) is 6.16. The minimum Gasteiger partial charge on any atom is -0.540 e. The van der Waals surface area contributed by atoms with Crippen molar-refractivity contribution < 1.29 is 28.6 Å². The lowest BCUT2D eigenvalue weighted by atomic mass is 10.0. The van der Waals surface area contributed by atoms with Crippen LogP contribution < -0.4 is 14.5 Å². The fraction of sp³-hybridized carbons (Fsp3) is 0.643. The number of anilines is 1. The number of amides is 2. The molecule has 9 heteroatoms. The third-order valence-electron chi connectivity index (χ3n) is 8.14. The lowest BCUT2D eigenvalue weighted by molar-refractivity contribution is 0.0674. The molecule has 206 valence electrons. The zero-order valence-electron chi connectivity index (χ0n) is 23.4. The SMILES string of the molecule is C=CCOC(=O)Nc1cc(O[Si](C(C)C)(C(C)C)C(C)C)c(OC)cc1C(=O)N1CC2(CC2)C[C@H]1CO. The topological polar surface area (TPSA) is 97.3 Å². The van der Waals surface area contributed by atoms with Crippen molar-refractivity contribution in [3.05, 3.63) is 30.4 Å². The van der Waals surface area contributed by atoms with Crippen molar-refractivity contribution >= 4 is 26.0 Å². The maximum atomic E-state index is 13.9. The van der Waals surface area contributed by atoms with Crippen LogP contribution in [-0.4, -0.2) is 63.2 Å². The Morgan fingerprint density at radius 2 is 1.78 bits per heavy atom. The van der Waals surface area contributed by atoms with Crippen molar-refractivity contribution in [3.8, 4) is 11.5 Å². The van der Waals surface area contributed by atoms with Crippen LogP contribution in [-0.2, 0) is 4.74 Å². The zero-order valence-corrected chi connectivity index (χ0v) is 24.4. The number of methoxy groups -OCH3 is 1. The summed E-state index contributed by atoms with van der Waals surface area (Å²) in [5.74, 6) is 0.680. The molecule has 1 saturated carbocycles. The summed E-state index contributed by atoms with van der Waals surface area (Å²) in [5, 5.41) is 12.7. The van der Waals surface area contributed by atoms with E-state index in [2.05, 4.69) is 53.4 Å². The first kappa shape index (κ1) is 29.0. The first-order chi connectivity index (χ1) is 17.4. The molecule has 2 amide bonds. The number of aliphatic hydroxyl groups excluding tert-OH is 1. The van der Waals surface area contributed by atoms with Gasteiger partial charge in [-0.05, 0) is 47.4 Å². The first-order valence-corrected chi connectivity index (χ1v) is 15.5. The molecule has 0 radical (unpaired) electrons. The Morgan fingerprint density at radius 1 is 1.16 bits per heavy atom. The van der Waals surface area contributed by atoms with Crippen molar-refractivity contribution in [2.24, 2.45) is 5.41 Å². The van der Waals surface area contributed by atoms with E-state index in [0.29, 0.717) is 40.4 Å². The number of nitrogens with zero attached hydrogens (tertiary/aromatic N) is 1. The van der Waals surface area contributed by atoms with E-state index >= 15 is 0 Å². The van der Waals surface area contributed by atoms with Crippen molar-refractivity contribution in [1.29, 1.82) is 0 Å². The first-order valence-electron chi connectivity index (χ1n) is 13.3. The fourth-order valence-corrected chi connectivity index (χ4v) is 11.4. The predicted octanol–water partition coefficient (Wildman–Crippen LogP) is 5.97. The summed E-state index contributed by atoms with van der Waals surface area (Å²) in [6.07, 6.45) is 3.71. The summed E-state index contributed by atoms with van der Waals surface area (Å²) < 4.78 is 17.8. The van der Waals surface area contributed by atoms with Gasteiger partial charge in [0.15, 0.2) is 5.75 Å². The van der Waals surface area contributed by atoms with Crippen LogP contribution in [0.3, 0.4) is 0 Å². The largest absolute Gasteiger partial charge is 0.540 e. The van der Waals surface area contributed by atoms with Crippen molar-refractivity contribution in [3.63, 3.8) is 0 Å². The lowest BCUT2D eigenvalue weighted by Crippen LogP contribution is -2.50. The van der Waals surface area contributed by atoms with Gasteiger partial charge in [0.1, 0.15) is 12.4 Å². The number of likely N-dealkylation sites (tertiary alicyclic amines) is 1. The van der Waals surface area contributed by atoms with Crippen LogP contribution in [0.4, 0.5) is 10.5 Å². The Bertz CT molecular complexity index is 983. The Labute approximate surface area is 222 Å². The van der Waals surface area contributed by atoms with Crippen molar-refractivity contribution in [2.75, 3.05) is 32.2 Å². The average molecular weight is 533 g/mol. The van der Waals surface area contributed by atoms with Crippen LogP contribution in [0.1, 0.15) is 71.2 Å². The molecule has 0 unspecified atom stereocenters. The molecule has 2 fully saturated rings. The summed E-state index contributed by atoms with van der Waals surface area (Å²) in [6.45, 7) is 17.3. The molecule has 3 rings (SSSR count). The lowest BCUT2D eigenvalue weighted by Gasteiger charge is -2.42. The number of rotatable bonds is 11. The van der Waals surface area contributed by atoms with Gasteiger partial charge in [0.2, 0.25) is 0 Å². The standard InChI is InChI=1S/C28H44N2O6Si/c1-9-12-35-27(33)29-23-14-25(36-37(18(2)3,19(4)5)20(6)7)24(34-8)13-22(23)26(32)30-17-28(10-11-28)15-21(30)16-31/h9,13-14,18-21,31H,1,10-12,15-17H2,2-8H3,(H,29,33)/t21-/m0/s1. The Hall–Kier alpha value is -2.52. The van der Waals surface area contributed by atoms with E-state index in [9.17, 15) is 14.7 Å². The maximum Gasteiger partial charge on any atom is 0.411 e. The molecule has 37 heavy (non-hydrogen) atoms. The molecule has 1 spiro atoms. The van der Waals surface area contributed by atoms with Gasteiger partial charge in [0.05, 0.1) is 31.0 Å². The number of aliphatic hydroxyl groups is 1. The van der Waals surface area contributed by atoms with Crippen molar-refractivity contribution in [2.45, 2.75) is 83.5 Å². The molecule has 8 nitrogen and oxygen atoms in total. The molecule has 1 aromatic rings. The number of ether oxygens (including phenoxy) is 2. The molecule has 1 heterocycles. The molecular weight excluding hydrogens is 488 g/mol. The van der Waals surface area contributed by atoms with Crippen LogP contribution in [0.15, 0.2) is 24.8 Å². The molecule has 1 atom stereocenters. The molecule has 2 aliphatic rings. The quantitative estimate of drug-likeness (QED) is 0.269. The van der Waals surface area contributed by atoms with E-state index in [4.69, 9.17) is 13.9 Å². The second kappa shape index (κ2) is 11.5. The van der Waals surface area contributed by atoms with Gasteiger partial charge in [-0.3, -0.25) is 10.1 Å². The van der Waals surface area contributed by atoms with Crippen LogP contribution in [0.25, 0.3) is 0 Å². The van der Waals surface area contributed by atoms with E-state index in [-0.39, 0.29) is 36.1 Å². The highest BCUT2D eigenvalue weighted by molar-refractivity contribution is 6.78. The van der Waals surface area contributed by atoms with Crippen LogP contribution in [0.5, 0.6) is 11.5 Å². The van der Waals surface area contributed by atoms with E-state index in [1.807, 2.05) is 0 Å². The predicted molar refractivity (Wildman–Crippen MR) is 148 cm³/mol. The minimum atomic E-state index is -2.36. The van der Waals surface area contributed by atoms with Gasteiger partial charge in [-0.25, -0.2) is 4.79 Å². The second-order valence-corrected chi connectivity index (χ2v) is 16.8. The molecule has 1 aliphatic heterocycles. The van der Waals surface area contributed by atoms with Crippen molar-refractivity contribution in [1.82, 2.24) is 4.90 Å². The number of carbonyl (C=O) groups is 2. The summed E-state index contributed by atoms with van der Waals surface area (Å²) in [5.41, 5.74) is 1.64. The van der Waals surface area contributed by atoms with Crippen LogP contribution in [0.2, 0.25) is 16.6 Å². The molecule has 1 aromatic carbocycles. The third kappa shape index (κ3) is 5.82. The number of carbonyl (C=O) groups excluding carboxylic acids is 2. The van der Waals surface area contributed by atoms with Gasteiger partial charge in [-0.1, -0.05) is 54.2 Å². The normalized spacial score (nSPS) is 18.5. The minimum absolute atomic E-state index is 0.0416. The highest BCUT2D eigenvalue weighted by Gasteiger charge is 2.53. The number of hydrogen-bond acceptors (Lipinski definition) is 6. The highest BCUT2D eigenvalue weighted by Crippen LogP contribution is 2.55. The second-order valence-electron chi connectivity index (χ2n) is 11.5. The summed E-state index contributed by atoms with van der Waals surface area (Å²) in [7, 11) is -0.811. The Balaban J connectivity index is 2.08. The smallest absolute Gasteiger partial charge is 0.411 e. The van der Waals surface area contributed by atoms with E-state index < -0.39 is 14.4 Å². The van der Waals surface area contributed by atoms with Gasteiger partial charge in [0, 0.05) is 12.6 Å². The Morgan fingerprint density at radius 3 is 2.27 bits per heavy atom. The summed E-state index contributed by atoms with van der Waals surface area (Å²) in [6, 6.07) is 3.08. The van der Waals surface area contributed by atoms with E-state index in [1.54, 1.807) is 24.1 Å². The number of hydrogen-bond donors (Lipinski definition) is 2. The van der Waals surface area contributed by atoms with Crippen LogP contribution in [0, 0.1) is 5.41 Å². The third-order valence-corrected chi connectivity index (χ3v) is 14.1. The monoisotopic (exact) mass is 532 g/mol. The zero-order chi connectivity index (χ0) is 27.5. The van der Waals surface area contributed by atoms with Gasteiger partial charge in [-0.2, -0.15) is 0 Å². The van der Waals surface area contributed by atoms with Crippen LogP contribution >= 0.6 is 0 Å². The maximum absolute atomic E-state index is 13.9. The molecule has 1 aliphatic carbocycles. The Kier molecular flexibility index (Phi) is 9.00. The average Bonchev–Trinajstić information content (AvgIpc) is 3.50. The van der Waals surface area contributed by atoms with Gasteiger partial charge < -0.3 is 23.9 Å². The molecular formula is C28H44N2O6Si. The van der Waals surface area contributed by atoms with Gasteiger partial charge in [-0.15, -0.1) is 0 Å². The van der Waals surface area contributed by atoms with E-state index in [0.717, 1.165) is 19.3 Å². The molecule has 0 bridgehead atoms. The highest BCUT2D eigenvalue weighted by atomic mass is 28.4.